The van der Waals surface area contributed by atoms with Crippen LogP contribution in [0.2, 0.25) is 5.02 Å². The van der Waals surface area contributed by atoms with Crippen molar-refractivity contribution in [3.8, 4) is 5.75 Å². The van der Waals surface area contributed by atoms with Crippen molar-refractivity contribution >= 4 is 23.2 Å². The van der Waals surface area contributed by atoms with Crippen LogP contribution >= 0.6 is 11.6 Å². The highest BCUT2D eigenvalue weighted by Gasteiger charge is 2.22. The number of hydrogen-bond acceptors (Lipinski definition) is 3. The van der Waals surface area contributed by atoms with Crippen LogP contribution in [0.5, 0.6) is 5.75 Å². The van der Waals surface area contributed by atoms with Crippen LogP contribution < -0.4 is 15.0 Å². The van der Waals surface area contributed by atoms with Gasteiger partial charge in [0, 0.05) is 14.1 Å². The first-order valence-electron chi connectivity index (χ1n) is 4.52. The molecule has 2 rings (SSSR count). The lowest BCUT2D eigenvalue weighted by atomic mass is 10.1. The highest BCUT2D eigenvalue weighted by molar-refractivity contribution is 6.35. The summed E-state index contributed by atoms with van der Waals surface area (Å²) in [6, 6.07) is 3.51. The number of nitrogens with one attached hydrogen (secondary N) is 1. The molecule has 0 radical (unpaired) electrons. The average Bonchev–Trinajstić information content (AvgIpc) is 2.19. The zero-order valence-electron chi connectivity index (χ0n) is 8.50. The summed E-state index contributed by atoms with van der Waals surface area (Å²) in [5, 5.41) is 3.06. The minimum Gasteiger partial charge on any atom is -0.471 e. The summed E-state index contributed by atoms with van der Waals surface area (Å²) in [6.07, 6.45) is 0. The Bertz CT molecular complexity index is 418. The van der Waals surface area contributed by atoms with Crippen LogP contribution in [0.15, 0.2) is 12.1 Å². The third-order valence-corrected chi connectivity index (χ3v) is 2.62. The highest BCUT2D eigenvalue weighted by atomic mass is 35.5. The molecular weight excluding hydrogens is 216 g/mol. The fourth-order valence-corrected chi connectivity index (χ4v) is 1.87. The number of anilines is 1. The molecule has 0 fully saturated rings. The van der Waals surface area contributed by atoms with E-state index >= 15 is 0 Å². The minimum absolute atomic E-state index is 0.150. The maximum Gasteiger partial charge on any atom is 0.257 e. The SMILES string of the molecule is CN(C)c1ccc2c(c1Cl)OCNC2=O. The number of fused-ring (bicyclic) bond motifs is 1. The standard InChI is InChI=1S/C10H11ClN2O2/c1-13(2)7-4-3-6-9(8(7)11)15-5-12-10(6)14/h3-4H,5H2,1-2H3,(H,12,14). The number of amides is 1. The maximum atomic E-state index is 11.5. The summed E-state index contributed by atoms with van der Waals surface area (Å²) < 4.78 is 5.32. The molecule has 1 aliphatic heterocycles. The van der Waals surface area contributed by atoms with Crippen molar-refractivity contribution in [3.63, 3.8) is 0 Å². The first-order chi connectivity index (χ1) is 7.11. The molecule has 4 nitrogen and oxygen atoms in total. The lowest BCUT2D eigenvalue weighted by Gasteiger charge is -2.22. The topological polar surface area (TPSA) is 41.6 Å². The third-order valence-electron chi connectivity index (χ3n) is 2.25. The van der Waals surface area contributed by atoms with E-state index in [4.69, 9.17) is 16.3 Å². The van der Waals surface area contributed by atoms with Gasteiger partial charge in [-0.1, -0.05) is 11.6 Å². The molecule has 0 aromatic heterocycles. The van der Waals surface area contributed by atoms with Gasteiger partial charge in [0.25, 0.3) is 5.91 Å². The van der Waals surface area contributed by atoms with Crippen molar-refractivity contribution < 1.29 is 9.53 Å². The molecule has 1 amide bonds. The van der Waals surface area contributed by atoms with Crippen molar-refractivity contribution in [3.05, 3.63) is 22.7 Å². The summed E-state index contributed by atoms with van der Waals surface area (Å²) in [4.78, 5) is 13.3. The van der Waals surface area contributed by atoms with Crippen LogP contribution in [0.1, 0.15) is 10.4 Å². The molecule has 1 aromatic rings. The van der Waals surface area contributed by atoms with Gasteiger partial charge in [-0.2, -0.15) is 0 Å². The summed E-state index contributed by atoms with van der Waals surface area (Å²) in [5.74, 6) is 0.315. The van der Waals surface area contributed by atoms with Gasteiger partial charge in [-0.05, 0) is 12.1 Å². The van der Waals surface area contributed by atoms with E-state index in [1.807, 2.05) is 19.0 Å². The van der Waals surface area contributed by atoms with Crippen LogP contribution in [0.3, 0.4) is 0 Å². The zero-order chi connectivity index (χ0) is 11.0. The normalized spacial score (nSPS) is 13.9. The highest BCUT2D eigenvalue weighted by Crippen LogP contribution is 2.37. The first kappa shape index (κ1) is 10.1. The van der Waals surface area contributed by atoms with Crippen LogP contribution in [0.25, 0.3) is 0 Å². The quantitative estimate of drug-likeness (QED) is 0.789. The Kier molecular flexibility index (Phi) is 2.44. The Labute approximate surface area is 92.8 Å². The van der Waals surface area contributed by atoms with E-state index in [0.29, 0.717) is 16.3 Å². The molecule has 0 spiro atoms. The fourth-order valence-electron chi connectivity index (χ4n) is 1.48. The van der Waals surface area contributed by atoms with Crippen molar-refractivity contribution in [2.75, 3.05) is 25.7 Å². The number of nitrogens with zero attached hydrogens (tertiary/aromatic N) is 1. The van der Waals surface area contributed by atoms with Crippen LogP contribution in [-0.2, 0) is 0 Å². The van der Waals surface area contributed by atoms with Gasteiger partial charge in [0.05, 0.1) is 11.3 Å². The van der Waals surface area contributed by atoms with E-state index in [0.717, 1.165) is 5.69 Å². The monoisotopic (exact) mass is 226 g/mol. The van der Waals surface area contributed by atoms with E-state index in [9.17, 15) is 4.79 Å². The Morgan fingerprint density at radius 1 is 1.47 bits per heavy atom. The van der Waals surface area contributed by atoms with Gasteiger partial charge in [0.2, 0.25) is 0 Å². The molecule has 0 saturated carbocycles. The molecular formula is C10H11ClN2O2. The van der Waals surface area contributed by atoms with Gasteiger partial charge < -0.3 is 15.0 Å². The number of halogens is 1. The van der Waals surface area contributed by atoms with Gasteiger partial charge in [0.15, 0.2) is 12.5 Å². The first-order valence-corrected chi connectivity index (χ1v) is 4.90. The lowest BCUT2D eigenvalue weighted by Crippen LogP contribution is -2.33. The Morgan fingerprint density at radius 3 is 2.87 bits per heavy atom. The van der Waals surface area contributed by atoms with E-state index in [1.165, 1.54) is 0 Å². The molecule has 0 bridgehead atoms. The van der Waals surface area contributed by atoms with E-state index < -0.39 is 0 Å². The van der Waals surface area contributed by atoms with E-state index in [-0.39, 0.29) is 12.6 Å². The number of hydrogen-bond donors (Lipinski definition) is 1. The number of benzene rings is 1. The smallest absolute Gasteiger partial charge is 0.257 e. The largest absolute Gasteiger partial charge is 0.471 e. The maximum absolute atomic E-state index is 11.5. The molecule has 1 N–H and O–H groups in total. The molecule has 15 heavy (non-hydrogen) atoms. The van der Waals surface area contributed by atoms with Crippen molar-refractivity contribution in [1.82, 2.24) is 5.32 Å². The van der Waals surface area contributed by atoms with Gasteiger partial charge in [-0.3, -0.25) is 4.79 Å². The third kappa shape index (κ3) is 1.61. The fraction of sp³-hybridized carbons (Fsp3) is 0.300. The van der Waals surface area contributed by atoms with Gasteiger partial charge in [-0.15, -0.1) is 0 Å². The molecule has 1 aliphatic rings. The number of carbonyl (C=O) groups is 1. The van der Waals surface area contributed by atoms with Crippen molar-refractivity contribution in [2.24, 2.45) is 0 Å². The molecule has 80 valence electrons. The summed E-state index contributed by atoms with van der Waals surface area (Å²) in [6.45, 7) is 0.169. The number of rotatable bonds is 1. The molecule has 0 saturated heterocycles. The van der Waals surface area contributed by atoms with E-state index in [2.05, 4.69) is 5.32 Å². The van der Waals surface area contributed by atoms with Gasteiger partial charge in [0.1, 0.15) is 5.02 Å². The molecule has 0 unspecified atom stereocenters. The Balaban J connectivity index is 2.57. The zero-order valence-corrected chi connectivity index (χ0v) is 9.26. The van der Waals surface area contributed by atoms with Crippen molar-refractivity contribution in [1.29, 1.82) is 0 Å². The average molecular weight is 227 g/mol. The molecule has 0 aliphatic carbocycles. The predicted molar refractivity (Wildman–Crippen MR) is 58.7 cm³/mol. The summed E-state index contributed by atoms with van der Waals surface area (Å²) in [7, 11) is 3.77. The van der Waals surface area contributed by atoms with Gasteiger partial charge in [-0.25, -0.2) is 0 Å². The minimum atomic E-state index is -0.150. The second-order valence-electron chi connectivity index (χ2n) is 3.46. The molecule has 1 heterocycles. The van der Waals surface area contributed by atoms with Crippen LogP contribution in [0, 0.1) is 0 Å². The van der Waals surface area contributed by atoms with Crippen LogP contribution in [-0.4, -0.2) is 26.7 Å². The Hall–Kier alpha value is -1.42. The van der Waals surface area contributed by atoms with Crippen LogP contribution in [0.4, 0.5) is 5.69 Å². The van der Waals surface area contributed by atoms with E-state index in [1.54, 1.807) is 12.1 Å². The molecule has 0 atom stereocenters. The summed E-state index contributed by atoms with van der Waals surface area (Å²) >= 11 is 6.14. The van der Waals surface area contributed by atoms with Crippen molar-refractivity contribution in [2.45, 2.75) is 0 Å². The molecule has 5 heteroatoms. The number of carbonyl (C=O) groups excluding carboxylic acids is 1. The Morgan fingerprint density at radius 2 is 2.20 bits per heavy atom. The van der Waals surface area contributed by atoms with Gasteiger partial charge >= 0.3 is 0 Å². The second kappa shape index (κ2) is 3.62. The number of ether oxygens (including phenoxy) is 1. The summed E-state index contributed by atoms with van der Waals surface area (Å²) in [5.41, 5.74) is 1.32. The predicted octanol–water partition coefficient (Wildman–Crippen LogP) is 1.49. The second-order valence-corrected chi connectivity index (χ2v) is 3.84. The molecule has 1 aromatic carbocycles. The lowest BCUT2D eigenvalue weighted by molar-refractivity contribution is 0.0883.